The van der Waals surface area contributed by atoms with Gasteiger partial charge in [0, 0.05) is 0 Å². The summed E-state index contributed by atoms with van der Waals surface area (Å²) in [7, 11) is 1.60. The van der Waals surface area contributed by atoms with Gasteiger partial charge in [0.15, 0.2) is 11.9 Å². The molecule has 0 bridgehead atoms. The third-order valence-corrected chi connectivity index (χ3v) is 9.99. The molecular weight excluding hydrogens is 679 g/mol. The van der Waals surface area contributed by atoms with Gasteiger partial charge in [-0.15, -0.1) is 5.10 Å². The van der Waals surface area contributed by atoms with Gasteiger partial charge in [-0.2, -0.15) is 0 Å². The summed E-state index contributed by atoms with van der Waals surface area (Å²) in [5, 5.41) is 12.9. The second-order valence-electron chi connectivity index (χ2n) is 14.3. The predicted octanol–water partition coefficient (Wildman–Crippen LogP) is 9.65. The number of hydrogen-bond acceptors (Lipinski definition) is 7. The Morgan fingerprint density at radius 2 is 1.44 bits per heavy atom. The minimum Gasteiger partial charge on any atom is -0.497 e. The van der Waals surface area contributed by atoms with E-state index in [-0.39, 0.29) is 18.4 Å². The molecule has 0 aliphatic carbocycles. The Morgan fingerprint density at radius 1 is 0.815 bits per heavy atom. The van der Waals surface area contributed by atoms with Gasteiger partial charge in [0.05, 0.1) is 30.6 Å². The molecule has 4 aromatic rings. The van der Waals surface area contributed by atoms with Gasteiger partial charge in [0.25, 0.3) is 5.91 Å². The van der Waals surface area contributed by atoms with Crippen molar-refractivity contribution in [2.45, 2.75) is 123 Å². The number of hydrogen-bond donors (Lipinski definition) is 2. The number of aryl methyl sites for hydroxylation is 1. The lowest BCUT2D eigenvalue weighted by Crippen LogP contribution is -2.41. The summed E-state index contributed by atoms with van der Waals surface area (Å²) < 4.78 is 13.0. The number of hydrazine groups is 1. The van der Waals surface area contributed by atoms with Crippen LogP contribution in [0.5, 0.6) is 11.5 Å². The second-order valence-corrected chi connectivity index (χ2v) is 14.3. The normalized spacial score (nSPS) is 14.9. The highest BCUT2D eigenvalue weighted by Gasteiger charge is 2.41. The number of unbranched alkanes of at least 4 members (excludes halogenated alkanes) is 15. The van der Waals surface area contributed by atoms with E-state index in [9.17, 15) is 9.59 Å². The number of benzene rings is 3. The molecular formula is C43H59N7O4. The molecule has 1 aliphatic heterocycles. The molecule has 5 rings (SSSR count). The quantitative estimate of drug-likeness (QED) is 0.0687. The van der Waals surface area contributed by atoms with Crippen molar-refractivity contribution in [1.82, 2.24) is 25.4 Å². The summed E-state index contributed by atoms with van der Waals surface area (Å²) in [5.41, 5.74) is 6.56. The number of anilines is 1. The Morgan fingerprint density at radius 3 is 2.09 bits per heavy atom. The van der Waals surface area contributed by atoms with Crippen LogP contribution in [0, 0.1) is 6.92 Å². The highest BCUT2D eigenvalue weighted by atomic mass is 16.5. The number of nitrogens with zero attached hydrogens (tertiary/aromatic N) is 5. The summed E-state index contributed by atoms with van der Waals surface area (Å²) >= 11 is 0. The van der Waals surface area contributed by atoms with Gasteiger partial charge >= 0.3 is 0 Å². The topological polar surface area (TPSA) is 123 Å². The summed E-state index contributed by atoms with van der Waals surface area (Å²) in [4.78, 5) is 32.1. The van der Waals surface area contributed by atoms with E-state index >= 15 is 0 Å². The van der Waals surface area contributed by atoms with Crippen LogP contribution in [0.25, 0.3) is 11.0 Å². The smallest absolute Gasteiger partial charge is 0.274 e. The van der Waals surface area contributed by atoms with Crippen molar-refractivity contribution in [3.05, 3.63) is 72.3 Å². The zero-order valence-corrected chi connectivity index (χ0v) is 32.5. The number of aromatic nitrogens is 3. The van der Waals surface area contributed by atoms with Crippen LogP contribution < -0.4 is 20.2 Å². The van der Waals surface area contributed by atoms with Crippen LogP contribution in [0.3, 0.4) is 0 Å². The van der Waals surface area contributed by atoms with Gasteiger partial charge in [-0.1, -0.05) is 133 Å². The van der Waals surface area contributed by atoms with E-state index in [2.05, 4.69) is 28.0 Å². The SMILES string of the molecule is CCCCCCCCCCCCCCCCCCOc1ccccc1NC(=O)CN1NC(=Nc2ccc(OC)cc2)C(n2nnc3cccc(C)c32)C1=O. The number of fused-ring (bicyclic) bond motifs is 1. The Bertz CT molecular complexity index is 1790. The number of amides is 2. The van der Waals surface area contributed by atoms with Crippen molar-refractivity contribution in [2.24, 2.45) is 4.99 Å². The number of methoxy groups -OCH3 is 1. The summed E-state index contributed by atoms with van der Waals surface area (Å²) in [6.07, 6.45) is 21.1. The number of para-hydroxylation sites is 3. The fourth-order valence-electron chi connectivity index (χ4n) is 6.94. The fraction of sp³-hybridized carbons (Fsp3) is 0.512. The molecule has 0 radical (unpaired) electrons. The van der Waals surface area contributed by atoms with Gasteiger partial charge in [-0.3, -0.25) is 15.0 Å². The maximum atomic E-state index is 14.0. The Kier molecular flexibility index (Phi) is 16.2. The van der Waals surface area contributed by atoms with Crippen LogP contribution >= 0.6 is 0 Å². The largest absolute Gasteiger partial charge is 0.497 e. The first-order chi connectivity index (χ1) is 26.5. The van der Waals surface area contributed by atoms with Crippen molar-refractivity contribution in [3.8, 4) is 11.5 Å². The Balaban J connectivity index is 1.07. The van der Waals surface area contributed by atoms with Crippen LogP contribution in [-0.4, -0.2) is 57.9 Å². The van der Waals surface area contributed by atoms with E-state index in [0.717, 1.165) is 23.9 Å². The van der Waals surface area contributed by atoms with Crippen LogP contribution in [0.15, 0.2) is 71.7 Å². The van der Waals surface area contributed by atoms with Gasteiger partial charge in [-0.05, 0) is 61.4 Å². The number of rotatable bonds is 24. The second kappa shape index (κ2) is 21.7. The number of aliphatic imine (C=N–C) groups is 1. The van der Waals surface area contributed by atoms with Crippen LogP contribution in [0.2, 0.25) is 0 Å². The number of carbonyl (C=O) groups excluding carboxylic acids is 2. The molecule has 0 spiro atoms. The number of ether oxygens (including phenoxy) is 2. The fourth-order valence-corrected chi connectivity index (χ4v) is 6.94. The maximum absolute atomic E-state index is 14.0. The minimum atomic E-state index is -0.943. The van der Waals surface area contributed by atoms with Crippen molar-refractivity contribution in [1.29, 1.82) is 0 Å². The number of carbonyl (C=O) groups is 2. The van der Waals surface area contributed by atoms with Crippen LogP contribution in [0.4, 0.5) is 11.4 Å². The Labute approximate surface area is 320 Å². The zero-order chi connectivity index (χ0) is 38.0. The average molecular weight is 738 g/mol. The first kappa shape index (κ1) is 40.3. The molecule has 11 heteroatoms. The van der Waals surface area contributed by atoms with Gasteiger partial charge in [0.2, 0.25) is 5.91 Å². The van der Waals surface area contributed by atoms with E-state index in [1.54, 1.807) is 36.1 Å². The third kappa shape index (κ3) is 11.8. The van der Waals surface area contributed by atoms with E-state index in [4.69, 9.17) is 14.5 Å². The van der Waals surface area contributed by atoms with Crippen LogP contribution in [0.1, 0.15) is 121 Å². The average Bonchev–Trinajstić information content (AvgIpc) is 3.74. The summed E-state index contributed by atoms with van der Waals surface area (Å²) in [6, 6.07) is 19.3. The lowest BCUT2D eigenvalue weighted by Gasteiger charge is -2.17. The Hall–Kier alpha value is -4.93. The molecule has 11 nitrogen and oxygen atoms in total. The number of nitrogens with one attached hydrogen (secondary N) is 2. The molecule has 0 saturated carbocycles. The molecule has 2 heterocycles. The lowest BCUT2D eigenvalue weighted by molar-refractivity contribution is -0.135. The van der Waals surface area contributed by atoms with Crippen molar-refractivity contribution < 1.29 is 19.1 Å². The summed E-state index contributed by atoms with van der Waals surface area (Å²) in [6.45, 7) is 4.55. The molecule has 3 aromatic carbocycles. The molecule has 290 valence electrons. The minimum absolute atomic E-state index is 0.254. The highest BCUT2D eigenvalue weighted by Crippen LogP contribution is 2.28. The maximum Gasteiger partial charge on any atom is 0.274 e. The first-order valence-corrected chi connectivity index (χ1v) is 20.1. The molecule has 2 N–H and O–H groups in total. The van der Waals surface area contributed by atoms with Crippen molar-refractivity contribution >= 4 is 40.1 Å². The predicted molar refractivity (Wildman–Crippen MR) is 216 cm³/mol. The summed E-state index contributed by atoms with van der Waals surface area (Å²) in [5.74, 6) is 0.877. The molecule has 1 aromatic heterocycles. The van der Waals surface area contributed by atoms with E-state index in [1.807, 2.05) is 49.4 Å². The molecule has 1 unspecified atom stereocenters. The molecule has 54 heavy (non-hydrogen) atoms. The molecule has 1 fully saturated rings. The molecule has 1 saturated heterocycles. The van der Waals surface area contributed by atoms with Gasteiger partial charge in [-0.25, -0.2) is 14.7 Å². The number of amidine groups is 1. The highest BCUT2D eigenvalue weighted by molar-refractivity contribution is 6.12. The van der Waals surface area contributed by atoms with E-state index < -0.39 is 6.04 Å². The van der Waals surface area contributed by atoms with Crippen LogP contribution in [-0.2, 0) is 9.59 Å². The standard InChI is InChI=1S/C43H59N7O4/c1-4-5-6-7-8-9-10-11-12-13-14-15-16-17-18-21-31-54-38-26-20-19-24-36(38)45-39(51)32-49-43(52)41(50-40-33(2)23-22-25-37(40)46-48-50)42(47-49)44-34-27-29-35(53-3)30-28-34/h19-20,22-30,41H,4-18,21,31-32H2,1-3H3,(H,44,47)(H,45,51). The molecule has 1 aliphatic rings. The molecule has 2 amide bonds. The monoisotopic (exact) mass is 737 g/mol. The first-order valence-electron chi connectivity index (χ1n) is 20.1. The van der Waals surface area contributed by atoms with E-state index in [1.165, 1.54) is 94.9 Å². The van der Waals surface area contributed by atoms with Gasteiger partial charge < -0.3 is 14.8 Å². The zero-order valence-electron chi connectivity index (χ0n) is 32.5. The lowest BCUT2D eigenvalue weighted by atomic mass is 10.0. The van der Waals surface area contributed by atoms with Gasteiger partial charge in [0.1, 0.15) is 23.6 Å². The third-order valence-electron chi connectivity index (χ3n) is 9.99. The van der Waals surface area contributed by atoms with Crippen molar-refractivity contribution in [3.63, 3.8) is 0 Å². The van der Waals surface area contributed by atoms with Crippen molar-refractivity contribution in [2.75, 3.05) is 25.6 Å². The van der Waals surface area contributed by atoms with E-state index in [0.29, 0.717) is 40.8 Å². The molecule has 1 atom stereocenters.